The van der Waals surface area contributed by atoms with Gasteiger partial charge >= 0.3 is 17.9 Å². The average molecular weight is 615 g/mol. The number of pyridine rings is 1. The van der Waals surface area contributed by atoms with Gasteiger partial charge in [0.15, 0.2) is 0 Å². The first kappa shape index (κ1) is 32.2. The summed E-state index contributed by atoms with van der Waals surface area (Å²) in [6, 6.07) is 1.62. The van der Waals surface area contributed by atoms with Crippen molar-refractivity contribution in [3.63, 3.8) is 0 Å². The van der Waals surface area contributed by atoms with E-state index < -0.39 is 53.0 Å². The normalized spacial score (nSPS) is 23.9. The van der Waals surface area contributed by atoms with Crippen LogP contribution in [0.3, 0.4) is 0 Å². The standard InChI is InChI=1S/C30H38N4O8S/c1-2-8-30(43-16-22(27(38)33-15-24(36)37)34-23(35)4-3-21(31)28(39)40)9-5-19-13-18(12-17-6-10-32-11-7-17)14-20-25(19)26(30)42-29(20)41/h6-7,10-11,14,19-22H,2-5,8-9,12-13,15-16,31H2,1H3,(H,33,38)(H,34,35)(H,36,37)(H,39,40)/t19-,20+,21-,22-,30-/m0/s1. The van der Waals surface area contributed by atoms with Crippen molar-refractivity contribution in [1.29, 1.82) is 0 Å². The predicted octanol–water partition coefficient (Wildman–Crippen LogP) is 1.94. The molecule has 0 fully saturated rings. The van der Waals surface area contributed by atoms with Crippen LogP contribution in [0.15, 0.2) is 47.5 Å². The molecule has 4 rings (SSSR count). The number of nitrogens with zero attached hydrogens (tertiary/aromatic N) is 1. The fraction of sp³-hybridized carbons (Fsp3) is 0.533. The number of allylic oxidation sites excluding steroid dienone is 1. The molecule has 1 aromatic heterocycles. The molecule has 1 aliphatic heterocycles. The first-order valence-electron chi connectivity index (χ1n) is 14.5. The maximum absolute atomic E-state index is 13.2. The summed E-state index contributed by atoms with van der Waals surface area (Å²) in [4.78, 5) is 65.0. The van der Waals surface area contributed by atoms with Crippen LogP contribution in [-0.4, -0.2) is 74.0 Å². The molecule has 6 N–H and O–H groups in total. The van der Waals surface area contributed by atoms with Crippen molar-refractivity contribution in [3.05, 3.63) is 53.1 Å². The van der Waals surface area contributed by atoms with Gasteiger partial charge in [0.05, 0.1) is 4.75 Å². The summed E-state index contributed by atoms with van der Waals surface area (Å²) in [6.07, 6.45) is 9.78. The number of nitrogens with one attached hydrogen (secondary N) is 2. The number of carbonyl (C=O) groups excluding carboxylic acids is 3. The van der Waals surface area contributed by atoms with Crippen molar-refractivity contribution in [3.8, 4) is 0 Å². The van der Waals surface area contributed by atoms with Crippen LogP contribution in [0.4, 0.5) is 0 Å². The highest BCUT2D eigenvalue weighted by molar-refractivity contribution is 8.00. The third kappa shape index (κ3) is 7.82. The maximum Gasteiger partial charge on any atom is 0.322 e. The molecule has 0 unspecified atom stereocenters. The van der Waals surface area contributed by atoms with Gasteiger partial charge in [-0.3, -0.25) is 29.0 Å². The van der Waals surface area contributed by atoms with Crippen LogP contribution in [-0.2, 0) is 35.1 Å². The quantitative estimate of drug-likeness (QED) is 0.143. The summed E-state index contributed by atoms with van der Waals surface area (Å²) < 4.78 is 5.42. The molecule has 43 heavy (non-hydrogen) atoms. The number of aromatic nitrogens is 1. The van der Waals surface area contributed by atoms with Crippen molar-refractivity contribution >= 4 is 41.5 Å². The molecule has 0 aromatic carbocycles. The molecule has 0 saturated carbocycles. The molecule has 3 aliphatic rings. The zero-order valence-corrected chi connectivity index (χ0v) is 24.9. The fourth-order valence-electron chi connectivity index (χ4n) is 6.09. The summed E-state index contributed by atoms with van der Waals surface area (Å²) in [5.41, 5.74) is 8.84. The number of carboxylic acids is 2. The molecule has 0 bridgehead atoms. The van der Waals surface area contributed by atoms with Gasteiger partial charge in [0.25, 0.3) is 0 Å². The zero-order chi connectivity index (χ0) is 31.1. The van der Waals surface area contributed by atoms with Crippen LogP contribution in [0, 0.1) is 11.8 Å². The van der Waals surface area contributed by atoms with Crippen LogP contribution in [0.5, 0.6) is 0 Å². The number of rotatable bonds is 15. The first-order valence-corrected chi connectivity index (χ1v) is 15.5. The van der Waals surface area contributed by atoms with Gasteiger partial charge in [-0.2, -0.15) is 0 Å². The largest absolute Gasteiger partial charge is 0.480 e. The van der Waals surface area contributed by atoms with Crippen molar-refractivity contribution in [2.75, 3.05) is 12.3 Å². The number of ether oxygens (including phenoxy) is 1. The number of aliphatic carboxylic acids is 2. The Kier molecular flexibility index (Phi) is 10.6. The number of amides is 2. The summed E-state index contributed by atoms with van der Waals surface area (Å²) >= 11 is 1.43. The van der Waals surface area contributed by atoms with Crippen molar-refractivity contribution in [1.82, 2.24) is 15.6 Å². The van der Waals surface area contributed by atoms with E-state index in [-0.39, 0.29) is 30.5 Å². The van der Waals surface area contributed by atoms with Gasteiger partial charge in [-0.1, -0.05) is 25.0 Å². The Hall–Kier alpha value is -3.71. The van der Waals surface area contributed by atoms with Crippen molar-refractivity contribution in [2.45, 2.75) is 75.1 Å². The Bertz CT molecular complexity index is 1320. The number of nitrogens with two attached hydrogens (primary N) is 1. The number of carboxylic acid groups (broad SMARTS) is 2. The van der Waals surface area contributed by atoms with E-state index in [1.807, 2.05) is 25.1 Å². The molecule has 0 radical (unpaired) electrons. The third-order valence-corrected chi connectivity index (χ3v) is 9.79. The SMILES string of the molecule is CCC[C@]1(SC[C@H](NC(=O)CC[C@H](N)C(=O)O)C(=O)NCC(=O)O)CC[C@H]2CC(Cc3ccncc3)=C[C@H]3C(=O)OC1=C23. The third-order valence-electron chi connectivity index (χ3n) is 8.14. The van der Waals surface area contributed by atoms with Gasteiger partial charge in [-0.15, -0.1) is 11.8 Å². The lowest BCUT2D eigenvalue weighted by atomic mass is 9.69. The highest BCUT2D eigenvalue weighted by Gasteiger charge is 2.52. The molecule has 2 aliphatic carbocycles. The molecule has 13 heteroatoms. The highest BCUT2D eigenvalue weighted by Crippen LogP contribution is 2.56. The Labute approximate surface area is 253 Å². The summed E-state index contributed by atoms with van der Waals surface area (Å²) in [5, 5.41) is 23.0. The number of hydrogen-bond donors (Lipinski definition) is 5. The van der Waals surface area contributed by atoms with Crippen LogP contribution < -0.4 is 16.4 Å². The minimum atomic E-state index is -1.24. The maximum atomic E-state index is 13.2. The molecular weight excluding hydrogens is 576 g/mol. The Morgan fingerprint density at radius 3 is 2.65 bits per heavy atom. The molecule has 2 amide bonds. The van der Waals surface area contributed by atoms with Gasteiger partial charge in [-0.25, -0.2) is 0 Å². The molecule has 1 aromatic rings. The van der Waals surface area contributed by atoms with Crippen LogP contribution in [0.2, 0.25) is 0 Å². The lowest BCUT2D eigenvalue weighted by Gasteiger charge is -2.42. The molecular formula is C30H38N4O8S. The van der Waals surface area contributed by atoms with E-state index in [4.69, 9.17) is 20.7 Å². The second-order valence-corrected chi connectivity index (χ2v) is 12.7. The second-order valence-electron chi connectivity index (χ2n) is 11.3. The predicted molar refractivity (Wildman–Crippen MR) is 157 cm³/mol. The lowest BCUT2D eigenvalue weighted by molar-refractivity contribution is -0.140. The van der Waals surface area contributed by atoms with E-state index in [1.165, 1.54) is 17.3 Å². The minimum Gasteiger partial charge on any atom is -0.480 e. The molecule has 12 nitrogen and oxygen atoms in total. The topological polar surface area (TPSA) is 198 Å². The highest BCUT2D eigenvalue weighted by atomic mass is 32.2. The van der Waals surface area contributed by atoms with Crippen LogP contribution in [0.1, 0.15) is 57.4 Å². The Morgan fingerprint density at radius 2 is 1.98 bits per heavy atom. The van der Waals surface area contributed by atoms with Gasteiger partial charge in [0.2, 0.25) is 11.8 Å². The molecule has 232 valence electrons. The zero-order valence-electron chi connectivity index (χ0n) is 24.0. The van der Waals surface area contributed by atoms with Crippen LogP contribution in [0.25, 0.3) is 0 Å². The molecule has 0 spiro atoms. The van der Waals surface area contributed by atoms with E-state index >= 15 is 0 Å². The van der Waals surface area contributed by atoms with Gasteiger partial charge in [0, 0.05) is 24.6 Å². The lowest BCUT2D eigenvalue weighted by Crippen LogP contribution is -2.50. The second kappa shape index (κ2) is 14.2. The van der Waals surface area contributed by atoms with Gasteiger partial charge < -0.3 is 31.3 Å². The summed E-state index contributed by atoms with van der Waals surface area (Å²) in [7, 11) is 0. The number of hydrogen-bond acceptors (Lipinski definition) is 9. The Balaban J connectivity index is 1.54. The van der Waals surface area contributed by atoms with Crippen LogP contribution >= 0.6 is 11.8 Å². The summed E-state index contributed by atoms with van der Waals surface area (Å²) in [6.45, 7) is 1.41. The number of carbonyl (C=O) groups is 5. The van der Waals surface area contributed by atoms with Gasteiger partial charge in [-0.05, 0) is 67.7 Å². The van der Waals surface area contributed by atoms with Gasteiger partial charge in [0.1, 0.15) is 30.3 Å². The summed E-state index contributed by atoms with van der Waals surface area (Å²) in [5.74, 6) is -3.55. The number of esters is 1. The monoisotopic (exact) mass is 614 g/mol. The molecule has 0 saturated heterocycles. The first-order chi connectivity index (χ1) is 20.5. The van der Waals surface area contributed by atoms with E-state index in [0.717, 1.165) is 36.8 Å². The Morgan fingerprint density at radius 1 is 1.23 bits per heavy atom. The molecule has 5 atom stereocenters. The molecule has 2 heterocycles. The average Bonchev–Trinajstić information content (AvgIpc) is 3.32. The van der Waals surface area contributed by atoms with E-state index in [2.05, 4.69) is 15.6 Å². The smallest absolute Gasteiger partial charge is 0.322 e. The van der Waals surface area contributed by atoms with E-state index in [1.54, 1.807) is 12.4 Å². The fourth-order valence-corrected chi connectivity index (χ4v) is 7.71. The van der Waals surface area contributed by atoms with Crippen molar-refractivity contribution < 1.29 is 38.9 Å². The van der Waals surface area contributed by atoms with Crippen molar-refractivity contribution in [2.24, 2.45) is 17.6 Å². The van der Waals surface area contributed by atoms with E-state index in [9.17, 15) is 24.0 Å². The number of thioether (sulfide) groups is 1. The minimum absolute atomic E-state index is 0.0922. The van der Waals surface area contributed by atoms with E-state index in [0.29, 0.717) is 18.6 Å².